The van der Waals surface area contributed by atoms with Crippen molar-refractivity contribution in [2.24, 2.45) is 0 Å². The summed E-state index contributed by atoms with van der Waals surface area (Å²) in [6.07, 6.45) is 0. The van der Waals surface area contributed by atoms with Crippen LogP contribution >= 0.6 is 11.6 Å². The second-order valence-electron chi connectivity index (χ2n) is 3.73. The maximum absolute atomic E-state index is 13.6. The molecule has 0 aliphatic rings. The van der Waals surface area contributed by atoms with Crippen LogP contribution in [0.2, 0.25) is 5.02 Å². The minimum atomic E-state index is -0.755. The van der Waals surface area contributed by atoms with E-state index in [2.05, 4.69) is 0 Å². The molecular weight excluding hydrogens is 287 g/mol. The molecule has 7 heteroatoms. The molecule has 5 nitrogen and oxygen atoms in total. The lowest BCUT2D eigenvalue weighted by Gasteiger charge is -2.07. The van der Waals surface area contributed by atoms with Crippen LogP contribution in [0.4, 0.5) is 10.1 Å². The summed E-state index contributed by atoms with van der Waals surface area (Å²) in [6, 6.07) is 9.07. The van der Waals surface area contributed by atoms with Crippen LogP contribution < -0.4 is 4.74 Å². The lowest BCUT2D eigenvalue weighted by atomic mass is 10.2. The zero-order chi connectivity index (χ0) is 14.7. The maximum Gasteiger partial charge on any atom is 0.311 e. The molecule has 2 rings (SSSR count). The molecule has 20 heavy (non-hydrogen) atoms. The molecule has 0 saturated carbocycles. The number of hydrogen-bond acceptors (Lipinski definition) is 4. The largest absolute Gasteiger partial charge is 0.447 e. The van der Waals surface area contributed by atoms with Crippen molar-refractivity contribution in [3.05, 3.63) is 62.9 Å². The van der Waals surface area contributed by atoms with E-state index in [0.29, 0.717) is 0 Å². The Morgan fingerprint density at radius 1 is 1.25 bits per heavy atom. The van der Waals surface area contributed by atoms with Gasteiger partial charge in [0.05, 0.1) is 16.6 Å². The fourth-order valence-electron chi connectivity index (χ4n) is 1.49. The summed E-state index contributed by atoms with van der Waals surface area (Å²) >= 11 is 5.60. The van der Waals surface area contributed by atoms with E-state index in [9.17, 15) is 14.5 Å². The molecule has 0 bridgehead atoms. The van der Waals surface area contributed by atoms with E-state index in [1.54, 1.807) is 0 Å². The summed E-state index contributed by atoms with van der Waals surface area (Å²) in [7, 11) is 0. The molecule has 0 aromatic heterocycles. The van der Waals surface area contributed by atoms with E-state index in [-0.39, 0.29) is 27.8 Å². The fourth-order valence-corrected chi connectivity index (χ4v) is 1.65. The van der Waals surface area contributed by atoms with Crippen LogP contribution in [0, 0.1) is 27.3 Å². The predicted octanol–water partition coefficient (Wildman–Crippen LogP) is 4.05. The van der Waals surface area contributed by atoms with Crippen LogP contribution in [0.5, 0.6) is 11.5 Å². The fraction of sp³-hybridized carbons (Fsp3) is 0. The average Bonchev–Trinajstić information content (AvgIpc) is 2.41. The molecule has 0 aliphatic heterocycles. The number of benzene rings is 2. The Balaban J connectivity index is 2.46. The van der Waals surface area contributed by atoms with E-state index in [1.807, 2.05) is 6.07 Å². The second-order valence-corrected chi connectivity index (χ2v) is 4.16. The molecule has 2 aromatic carbocycles. The monoisotopic (exact) mass is 292 g/mol. The Hall–Kier alpha value is -2.65. The first-order valence-corrected chi connectivity index (χ1v) is 5.70. The Morgan fingerprint density at radius 2 is 2.00 bits per heavy atom. The van der Waals surface area contributed by atoms with Crippen molar-refractivity contribution in [1.29, 1.82) is 5.26 Å². The van der Waals surface area contributed by atoms with E-state index < -0.39 is 10.7 Å². The number of rotatable bonds is 3. The van der Waals surface area contributed by atoms with Crippen LogP contribution in [0.1, 0.15) is 5.56 Å². The van der Waals surface area contributed by atoms with E-state index in [4.69, 9.17) is 21.6 Å². The SMILES string of the molecule is N#Cc1ccc([N+](=O)[O-])c(Oc2ccc(Cl)cc2F)c1. The van der Waals surface area contributed by atoms with Gasteiger partial charge in [-0.2, -0.15) is 5.26 Å². The molecule has 0 atom stereocenters. The van der Waals surface area contributed by atoms with Crippen molar-refractivity contribution in [2.45, 2.75) is 0 Å². The highest BCUT2D eigenvalue weighted by molar-refractivity contribution is 6.30. The summed E-state index contributed by atoms with van der Waals surface area (Å²) < 4.78 is 18.8. The molecule has 0 aliphatic carbocycles. The Bertz CT molecular complexity index is 728. The van der Waals surface area contributed by atoms with Crippen molar-refractivity contribution >= 4 is 17.3 Å². The van der Waals surface area contributed by atoms with Crippen molar-refractivity contribution in [3.63, 3.8) is 0 Å². The number of nitriles is 1. The van der Waals surface area contributed by atoms with E-state index in [1.165, 1.54) is 24.3 Å². The van der Waals surface area contributed by atoms with Crippen LogP contribution in [-0.2, 0) is 0 Å². The molecule has 0 radical (unpaired) electrons. The average molecular weight is 293 g/mol. The third-order valence-corrected chi connectivity index (χ3v) is 2.63. The van der Waals surface area contributed by atoms with Gasteiger partial charge in [-0.05, 0) is 24.3 Å². The highest BCUT2D eigenvalue weighted by Gasteiger charge is 2.18. The zero-order valence-electron chi connectivity index (χ0n) is 9.84. The van der Waals surface area contributed by atoms with Crippen molar-refractivity contribution in [1.82, 2.24) is 0 Å². The quantitative estimate of drug-likeness (QED) is 0.631. The number of ether oxygens (including phenoxy) is 1. The normalized spacial score (nSPS) is 9.85. The van der Waals surface area contributed by atoms with Gasteiger partial charge in [-0.3, -0.25) is 10.1 Å². The minimum absolute atomic E-state index is 0.167. The van der Waals surface area contributed by atoms with Gasteiger partial charge in [0, 0.05) is 17.2 Å². The molecule has 0 saturated heterocycles. The topological polar surface area (TPSA) is 76.2 Å². The van der Waals surface area contributed by atoms with Gasteiger partial charge >= 0.3 is 5.69 Å². The minimum Gasteiger partial charge on any atom is -0.447 e. The number of halogens is 2. The molecular formula is C13H6ClFN2O3. The number of nitrogens with zero attached hydrogens (tertiary/aromatic N) is 2. The summed E-state index contributed by atoms with van der Waals surface area (Å²) in [6.45, 7) is 0. The summed E-state index contributed by atoms with van der Waals surface area (Å²) in [5.41, 5.74) is -0.196. The Labute approximate surface area is 117 Å². The highest BCUT2D eigenvalue weighted by atomic mass is 35.5. The molecule has 0 heterocycles. The first-order chi connectivity index (χ1) is 9.51. The molecule has 0 fully saturated rings. The van der Waals surface area contributed by atoms with Gasteiger partial charge in [0.2, 0.25) is 5.75 Å². The van der Waals surface area contributed by atoms with Crippen LogP contribution in [0.15, 0.2) is 36.4 Å². The van der Waals surface area contributed by atoms with Gasteiger partial charge in [-0.25, -0.2) is 4.39 Å². The molecule has 2 aromatic rings. The summed E-state index contributed by atoms with van der Waals surface area (Å²) in [5.74, 6) is -1.18. The van der Waals surface area contributed by atoms with Crippen molar-refractivity contribution in [3.8, 4) is 17.6 Å². The van der Waals surface area contributed by atoms with Gasteiger partial charge in [-0.15, -0.1) is 0 Å². The number of hydrogen-bond donors (Lipinski definition) is 0. The first kappa shape index (κ1) is 13.8. The number of nitro groups is 1. The summed E-state index contributed by atoms with van der Waals surface area (Å²) in [5, 5.41) is 19.8. The van der Waals surface area contributed by atoms with Crippen LogP contribution in [-0.4, -0.2) is 4.92 Å². The smallest absolute Gasteiger partial charge is 0.311 e. The Kier molecular flexibility index (Phi) is 3.82. The van der Waals surface area contributed by atoms with Crippen molar-refractivity contribution in [2.75, 3.05) is 0 Å². The first-order valence-electron chi connectivity index (χ1n) is 5.32. The standard InChI is InChI=1S/C13H6ClFN2O3/c14-9-2-4-12(10(15)6-9)20-13-5-8(7-16)1-3-11(13)17(18)19/h1-6H. The lowest BCUT2D eigenvalue weighted by Crippen LogP contribution is -1.95. The molecule has 0 N–H and O–H groups in total. The van der Waals surface area contributed by atoms with Crippen molar-refractivity contribution < 1.29 is 14.1 Å². The second kappa shape index (κ2) is 5.55. The van der Waals surface area contributed by atoms with Gasteiger partial charge in [0.15, 0.2) is 11.6 Å². The van der Waals surface area contributed by atoms with Gasteiger partial charge < -0.3 is 4.74 Å². The zero-order valence-corrected chi connectivity index (χ0v) is 10.6. The van der Waals surface area contributed by atoms with E-state index >= 15 is 0 Å². The van der Waals surface area contributed by atoms with Gasteiger partial charge in [0.1, 0.15) is 0 Å². The highest BCUT2D eigenvalue weighted by Crippen LogP contribution is 2.33. The molecule has 0 amide bonds. The summed E-state index contributed by atoms with van der Waals surface area (Å²) in [4.78, 5) is 10.2. The molecule has 0 unspecified atom stereocenters. The Morgan fingerprint density at radius 3 is 2.60 bits per heavy atom. The van der Waals surface area contributed by atoms with Crippen LogP contribution in [0.25, 0.3) is 0 Å². The third kappa shape index (κ3) is 2.84. The van der Waals surface area contributed by atoms with Crippen LogP contribution in [0.3, 0.4) is 0 Å². The lowest BCUT2D eigenvalue weighted by molar-refractivity contribution is -0.385. The molecule has 0 spiro atoms. The van der Waals surface area contributed by atoms with Gasteiger partial charge in [0.25, 0.3) is 0 Å². The maximum atomic E-state index is 13.6. The predicted molar refractivity (Wildman–Crippen MR) is 69.3 cm³/mol. The van der Waals surface area contributed by atoms with Gasteiger partial charge in [-0.1, -0.05) is 11.6 Å². The molecule has 100 valence electrons. The third-order valence-electron chi connectivity index (χ3n) is 2.40. The number of nitro benzene ring substituents is 1. The van der Waals surface area contributed by atoms with E-state index in [0.717, 1.165) is 12.1 Å².